The van der Waals surface area contributed by atoms with E-state index in [0.29, 0.717) is 16.3 Å². The minimum atomic E-state index is -0.529. The van der Waals surface area contributed by atoms with Gasteiger partial charge in [-0.25, -0.2) is 9.37 Å². The fourth-order valence-corrected chi connectivity index (χ4v) is 2.36. The zero-order valence-corrected chi connectivity index (χ0v) is 11.6. The molecule has 19 heavy (non-hydrogen) atoms. The Hall–Kier alpha value is -1.82. The summed E-state index contributed by atoms with van der Waals surface area (Å²) in [6.07, 6.45) is 3.13. The van der Waals surface area contributed by atoms with Crippen molar-refractivity contribution in [3.05, 3.63) is 46.4 Å². The summed E-state index contributed by atoms with van der Waals surface area (Å²) in [5.41, 5.74) is 0.528. The van der Waals surface area contributed by atoms with Gasteiger partial charge in [0.25, 0.3) is 5.56 Å². The molecule has 0 unspecified atom stereocenters. The minimum Gasteiger partial charge on any atom is -0.497 e. The van der Waals surface area contributed by atoms with E-state index in [1.807, 2.05) is 0 Å². The molecule has 1 aromatic carbocycles. The van der Waals surface area contributed by atoms with E-state index in [9.17, 15) is 9.18 Å². The number of hydrogen-bond donors (Lipinski definition) is 0. The second-order valence-corrected chi connectivity index (χ2v) is 4.67. The van der Waals surface area contributed by atoms with E-state index in [1.165, 1.54) is 41.9 Å². The summed E-state index contributed by atoms with van der Waals surface area (Å²) in [6.45, 7) is 1.75. The third-order valence-electron chi connectivity index (χ3n) is 2.73. The zero-order chi connectivity index (χ0) is 14.0. The Kier molecular flexibility index (Phi) is 3.90. The van der Waals surface area contributed by atoms with Gasteiger partial charge in [0.2, 0.25) is 0 Å². The van der Waals surface area contributed by atoms with Crippen LogP contribution in [0.25, 0.3) is 5.69 Å². The second kappa shape index (κ2) is 5.44. The van der Waals surface area contributed by atoms with Crippen molar-refractivity contribution in [2.24, 2.45) is 0 Å². The third kappa shape index (κ3) is 2.49. The van der Waals surface area contributed by atoms with Crippen molar-refractivity contribution in [2.75, 3.05) is 13.4 Å². The Bertz CT molecular complexity index is 670. The lowest BCUT2D eigenvalue weighted by molar-refractivity contribution is 0.411. The molecule has 0 amide bonds. The van der Waals surface area contributed by atoms with Crippen LogP contribution >= 0.6 is 11.8 Å². The lowest BCUT2D eigenvalue weighted by atomic mass is 10.3. The van der Waals surface area contributed by atoms with Gasteiger partial charge in [-0.15, -0.1) is 11.8 Å². The Balaban J connectivity index is 2.63. The van der Waals surface area contributed by atoms with Gasteiger partial charge in [0.05, 0.1) is 23.4 Å². The molecule has 0 bridgehead atoms. The molecule has 1 heterocycles. The number of methoxy groups -OCH3 is 1. The third-order valence-corrected chi connectivity index (χ3v) is 3.61. The number of benzene rings is 1. The van der Waals surface area contributed by atoms with Crippen molar-refractivity contribution >= 4 is 11.8 Å². The van der Waals surface area contributed by atoms with Gasteiger partial charge in [-0.3, -0.25) is 9.36 Å². The highest BCUT2D eigenvalue weighted by Gasteiger charge is 2.12. The van der Waals surface area contributed by atoms with Crippen molar-refractivity contribution in [3.8, 4) is 11.4 Å². The van der Waals surface area contributed by atoms with Crippen LogP contribution in [-0.2, 0) is 0 Å². The maximum Gasteiger partial charge on any atom is 0.271 e. The number of rotatable bonds is 3. The summed E-state index contributed by atoms with van der Waals surface area (Å²) in [5.74, 6) is -0.126. The van der Waals surface area contributed by atoms with Crippen LogP contribution < -0.4 is 10.3 Å². The zero-order valence-electron chi connectivity index (χ0n) is 10.8. The van der Waals surface area contributed by atoms with E-state index in [2.05, 4.69) is 4.98 Å². The summed E-state index contributed by atoms with van der Waals surface area (Å²) in [4.78, 5) is 16.9. The molecule has 0 saturated heterocycles. The van der Waals surface area contributed by atoms with Crippen molar-refractivity contribution < 1.29 is 9.13 Å². The van der Waals surface area contributed by atoms with Crippen LogP contribution in [-0.4, -0.2) is 22.9 Å². The van der Waals surface area contributed by atoms with Gasteiger partial charge >= 0.3 is 0 Å². The summed E-state index contributed by atoms with van der Waals surface area (Å²) in [5, 5.41) is 0. The molecule has 2 rings (SSSR count). The number of thioether (sulfide) groups is 1. The van der Waals surface area contributed by atoms with Crippen LogP contribution in [0, 0.1) is 12.7 Å². The number of hydrogen-bond acceptors (Lipinski definition) is 4. The molecular formula is C13H13FN2O2S. The predicted octanol–water partition coefficient (Wildman–Crippen LogP) is 2.41. The molecule has 0 atom stereocenters. The molecule has 0 aliphatic carbocycles. The van der Waals surface area contributed by atoms with Crippen LogP contribution in [0.15, 0.2) is 34.2 Å². The average molecular weight is 280 g/mol. The van der Waals surface area contributed by atoms with Crippen LogP contribution in [0.5, 0.6) is 5.75 Å². The Labute approximate surface area is 114 Å². The van der Waals surface area contributed by atoms with Crippen LogP contribution in [0.4, 0.5) is 4.39 Å². The first kappa shape index (κ1) is 13.6. The maximum absolute atomic E-state index is 14.0. The van der Waals surface area contributed by atoms with Gasteiger partial charge in [-0.2, -0.15) is 0 Å². The summed E-state index contributed by atoms with van der Waals surface area (Å²) in [6, 6.07) is 4.33. The normalized spacial score (nSPS) is 10.5. The SMILES string of the molecule is COc1ccc(-n2cnc(C)c(SC)c2=O)c(F)c1. The minimum absolute atomic E-state index is 0.161. The Morgan fingerprint density at radius 1 is 1.42 bits per heavy atom. The van der Waals surface area contributed by atoms with E-state index >= 15 is 0 Å². The quantitative estimate of drug-likeness (QED) is 0.810. The van der Waals surface area contributed by atoms with Crippen molar-refractivity contribution in [3.63, 3.8) is 0 Å². The number of aromatic nitrogens is 2. The van der Waals surface area contributed by atoms with Crippen molar-refractivity contribution in [2.45, 2.75) is 11.8 Å². The van der Waals surface area contributed by atoms with E-state index in [1.54, 1.807) is 19.2 Å². The van der Waals surface area contributed by atoms with Gasteiger partial charge in [0.15, 0.2) is 5.82 Å². The molecule has 0 aliphatic rings. The largest absolute Gasteiger partial charge is 0.497 e. The van der Waals surface area contributed by atoms with Gasteiger partial charge in [-0.1, -0.05) is 0 Å². The fourth-order valence-electron chi connectivity index (χ4n) is 1.74. The molecule has 0 aliphatic heterocycles. The highest BCUT2D eigenvalue weighted by Crippen LogP contribution is 2.20. The topological polar surface area (TPSA) is 44.1 Å². The average Bonchev–Trinajstić information content (AvgIpc) is 2.40. The molecule has 100 valence electrons. The predicted molar refractivity (Wildman–Crippen MR) is 72.9 cm³/mol. The molecule has 0 radical (unpaired) electrons. The second-order valence-electron chi connectivity index (χ2n) is 3.86. The highest BCUT2D eigenvalue weighted by atomic mass is 32.2. The summed E-state index contributed by atoms with van der Waals surface area (Å²) >= 11 is 1.30. The number of ether oxygens (including phenoxy) is 1. The Morgan fingerprint density at radius 3 is 2.74 bits per heavy atom. The smallest absolute Gasteiger partial charge is 0.271 e. The number of halogens is 1. The molecule has 6 heteroatoms. The van der Waals surface area contributed by atoms with Crippen LogP contribution in [0.2, 0.25) is 0 Å². The molecule has 0 fully saturated rings. The lowest BCUT2D eigenvalue weighted by Gasteiger charge is -2.10. The first-order chi connectivity index (χ1) is 9.08. The number of aryl methyl sites for hydroxylation is 1. The number of nitrogens with zero attached hydrogens (tertiary/aromatic N) is 2. The van der Waals surface area contributed by atoms with E-state index in [4.69, 9.17) is 4.74 Å². The molecule has 2 aromatic rings. The van der Waals surface area contributed by atoms with E-state index < -0.39 is 5.82 Å². The fraction of sp³-hybridized carbons (Fsp3) is 0.231. The van der Waals surface area contributed by atoms with Gasteiger partial charge in [0, 0.05) is 6.07 Å². The standard InChI is InChI=1S/C13H13FN2O2S/c1-8-12(19-3)13(17)16(7-15-8)11-5-4-9(18-2)6-10(11)14/h4-7H,1-3H3. The van der Waals surface area contributed by atoms with Crippen molar-refractivity contribution in [1.82, 2.24) is 9.55 Å². The van der Waals surface area contributed by atoms with Crippen LogP contribution in [0.3, 0.4) is 0 Å². The first-order valence-electron chi connectivity index (χ1n) is 5.54. The van der Waals surface area contributed by atoms with E-state index in [0.717, 1.165) is 0 Å². The first-order valence-corrected chi connectivity index (χ1v) is 6.77. The monoisotopic (exact) mass is 280 g/mol. The molecule has 0 N–H and O–H groups in total. The molecule has 1 aromatic heterocycles. The highest BCUT2D eigenvalue weighted by molar-refractivity contribution is 7.98. The van der Waals surface area contributed by atoms with Gasteiger partial charge < -0.3 is 4.74 Å². The van der Waals surface area contributed by atoms with Gasteiger partial charge in [0.1, 0.15) is 12.1 Å². The summed E-state index contributed by atoms with van der Waals surface area (Å²) in [7, 11) is 1.46. The summed E-state index contributed by atoms with van der Waals surface area (Å²) < 4.78 is 20.1. The molecule has 0 spiro atoms. The van der Waals surface area contributed by atoms with Crippen molar-refractivity contribution in [1.29, 1.82) is 0 Å². The van der Waals surface area contributed by atoms with Gasteiger partial charge in [-0.05, 0) is 25.3 Å². The maximum atomic E-state index is 14.0. The van der Waals surface area contributed by atoms with Crippen LogP contribution in [0.1, 0.15) is 5.69 Å². The molecule has 0 saturated carbocycles. The molecule has 4 nitrogen and oxygen atoms in total. The lowest BCUT2D eigenvalue weighted by Crippen LogP contribution is -2.22. The Morgan fingerprint density at radius 2 is 2.16 bits per heavy atom. The van der Waals surface area contributed by atoms with E-state index in [-0.39, 0.29) is 11.2 Å². The molecular weight excluding hydrogens is 267 g/mol.